The fraction of sp³-hybridized carbons (Fsp3) is 0.350. The highest BCUT2D eigenvalue weighted by Crippen LogP contribution is 2.32. The molecule has 0 aliphatic carbocycles. The molecule has 3 rings (SSSR count). The van der Waals surface area contributed by atoms with Crippen molar-refractivity contribution in [2.75, 3.05) is 36.1 Å². The topological polar surface area (TPSA) is 84.9 Å². The minimum atomic E-state index is -3.33. The Balaban J connectivity index is 1.89. The van der Waals surface area contributed by atoms with Crippen molar-refractivity contribution in [2.45, 2.75) is 19.8 Å². The van der Waals surface area contributed by atoms with Crippen molar-refractivity contribution in [3.63, 3.8) is 0 Å². The van der Waals surface area contributed by atoms with Crippen LogP contribution in [-0.2, 0) is 16.4 Å². The number of fused-ring (bicyclic) bond motifs is 1. The van der Waals surface area contributed by atoms with Gasteiger partial charge in [-0.1, -0.05) is 0 Å². The molecular weight excluding hydrogens is 380 g/mol. The molecule has 2 aromatic rings. The molecule has 2 aromatic carbocycles. The van der Waals surface area contributed by atoms with E-state index >= 15 is 0 Å². The highest BCUT2D eigenvalue weighted by Gasteiger charge is 2.26. The van der Waals surface area contributed by atoms with E-state index in [9.17, 15) is 13.2 Å². The van der Waals surface area contributed by atoms with Gasteiger partial charge in [0, 0.05) is 18.2 Å². The van der Waals surface area contributed by atoms with Gasteiger partial charge in [0.25, 0.3) is 5.91 Å². The van der Waals surface area contributed by atoms with Gasteiger partial charge in [-0.3, -0.25) is 9.10 Å². The molecule has 0 saturated heterocycles. The molecule has 1 amide bonds. The first-order valence-electron chi connectivity index (χ1n) is 9.06. The lowest BCUT2D eigenvalue weighted by atomic mass is 10.0. The second kappa shape index (κ2) is 8.10. The number of sulfonamides is 1. The van der Waals surface area contributed by atoms with E-state index in [4.69, 9.17) is 9.47 Å². The van der Waals surface area contributed by atoms with Crippen LogP contribution >= 0.6 is 0 Å². The largest absolute Gasteiger partial charge is 0.497 e. The summed E-state index contributed by atoms with van der Waals surface area (Å²) in [4.78, 5) is 12.8. The third-order valence-corrected chi connectivity index (χ3v) is 6.55. The number of amides is 1. The number of hydrogen-bond donors (Lipinski definition) is 1. The number of methoxy groups -OCH3 is 2. The second-order valence-corrected chi connectivity index (χ2v) is 8.62. The van der Waals surface area contributed by atoms with Gasteiger partial charge in [-0.05, 0) is 55.7 Å². The number of rotatable bonds is 6. The van der Waals surface area contributed by atoms with E-state index in [2.05, 4.69) is 5.32 Å². The molecular formula is C20H24N2O5S. The summed E-state index contributed by atoms with van der Waals surface area (Å²) in [5, 5.41) is 2.84. The van der Waals surface area contributed by atoms with Crippen molar-refractivity contribution >= 4 is 27.3 Å². The van der Waals surface area contributed by atoms with E-state index < -0.39 is 10.0 Å². The van der Waals surface area contributed by atoms with Crippen LogP contribution in [0.1, 0.15) is 29.3 Å². The minimum Gasteiger partial charge on any atom is -0.497 e. The van der Waals surface area contributed by atoms with Gasteiger partial charge in [-0.2, -0.15) is 0 Å². The first kappa shape index (κ1) is 20.0. The van der Waals surface area contributed by atoms with Crippen molar-refractivity contribution in [1.82, 2.24) is 0 Å². The van der Waals surface area contributed by atoms with Crippen molar-refractivity contribution in [3.8, 4) is 11.5 Å². The molecule has 7 nitrogen and oxygen atoms in total. The number of ether oxygens (including phenoxy) is 2. The lowest BCUT2D eigenvalue weighted by Gasteiger charge is -2.30. The molecule has 28 heavy (non-hydrogen) atoms. The molecule has 0 saturated carbocycles. The Kier molecular flexibility index (Phi) is 5.79. The maximum atomic E-state index is 12.8. The second-order valence-electron chi connectivity index (χ2n) is 6.44. The molecule has 0 unspecified atom stereocenters. The molecule has 8 heteroatoms. The molecule has 0 fully saturated rings. The molecule has 1 N–H and O–H groups in total. The van der Waals surface area contributed by atoms with Crippen molar-refractivity contribution in [1.29, 1.82) is 0 Å². The van der Waals surface area contributed by atoms with Gasteiger partial charge in [-0.25, -0.2) is 8.42 Å². The van der Waals surface area contributed by atoms with Crippen LogP contribution in [0.15, 0.2) is 36.4 Å². The average Bonchev–Trinajstić information content (AvgIpc) is 2.72. The van der Waals surface area contributed by atoms with Crippen LogP contribution in [0.3, 0.4) is 0 Å². The third kappa shape index (κ3) is 3.91. The van der Waals surface area contributed by atoms with Gasteiger partial charge in [0.1, 0.15) is 11.5 Å². The number of anilines is 2. The van der Waals surface area contributed by atoms with E-state index in [1.54, 1.807) is 50.4 Å². The fourth-order valence-electron chi connectivity index (χ4n) is 3.25. The Morgan fingerprint density at radius 3 is 2.61 bits per heavy atom. The summed E-state index contributed by atoms with van der Waals surface area (Å²) in [6.07, 6.45) is 1.45. The Morgan fingerprint density at radius 2 is 1.93 bits per heavy atom. The lowest BCUT2D eigenvalue weighted by molar-refractivity contribution is 0.102. The summed E-state index contributed by atoms with van der Waals surface area (Å²) in [7, 11) is -0.255. The maximum Gasteiger partial charge on any atom is 0.255 e. The number of benzene rings is 2. The monoisotopic (exact) mass is 404 g/mol. The Hall–Kier alpha value is -2.74. The number of aryl methyl sites for hydroxylation is 1. The molecule has 1 heterocycles. The molecule has 0 spiro atoms. The van der Waals surface area contributed by atoms with Crippen LogP contribution in [0.25, 0.3) is 0 Å². The first-order valence-corrected chi connectivity index (χ1v) is 10.7. The highest BCUT2D eigenvalue weighted by molar-refractivity contribution is 7.92. The van der Waals surface area contributed by atoms with Crippen LogP contribution in [-0.4, -0.2) is 40.8 Å². The summed E-state index contributed by atoms with van der Waals surface area (Å²) < 4.78 is 36.6. The van der Waals surface area contributed by atoms with Gasteiger partial charge in [-0.15, -0.1) is 0 Å². The summed E-state index contributed by atoms with van der Waals surface area (Å²) in [6, 6.07) is 10.3. The molecule has 1 aliphatic rings. The zero-order valence-electron chi connectivity index (χ0n) is 16.2. The Morgan fingerprint density at radius 1 is 1.14 bits per heavy atom. The first-order chi connectivity index (χ1) is 13.4. The Bertz CT molecular complexity index is 988. The van der Waals surface area contributed by atoms with Crippen LogP contribution < -0.4 is 19.1 Å². The van der Waals surface area contributed by atoms with Gasteiger partial charge >= 0.3 is 0 Å². The predicted molar refractivity (Wildman–Crippen MR) is 109 cm³/mol. The normalized spacial score (nSPS) is 13.6. The van der Waals surface area contributed by atoms with E-state index in [-0.39, 0.29) is 11.7 Å². The van der Waals surface area contributed by atoms with Gasteiger partial charge in [0.2, 0.25) is 10.0 Å². The summed E-state index contributed by atoms with van der Waals surface area (Å²) in [5.74, 6) is 0.865. The number of nitrogens with zero attached hydrogens (tertiary/aromatic N) is 1. The number of nitrogens with one attached hydrogen (secondary N) is 1. The SMILES string of the molecule is CCS(=O)(=O)N1CCCc2cc(C(=O)Nc3cc(OC)ccc3OC)ccc21. The van der Waals surface area contributed by atoms with Crippen molar-refractivity contribution < 1.29 is 22.7 Å². The number of hydrogen-bond acceptors (Lipinski definition) is 5. The summed E-state index contributed by atoms with van der Waals surface area (Å²) in [5.41, 5.74) is 2.47. The van der Waals surface area contributed by atoms with E-state index in [1.165, 1.54) is 11.4 Å². The smallest absolute Gasteiger partial charge is 0.255 e. The predicted octanol–water partition coefficient (Wildman–Crippen LogP) is 3.06. The molecule has 0 radical (unpaired) electrons. The van der Waals surface area contributed by atoms with Crippen LogP contribution in [0.4, 0.5) is 11.4 Å². The van der Waals surface area contributed by atoms with E-state index in [0.29, 0.717) is 35.0 Å². The standard InChI is InChI=1S/C20H24N2O5S/c1-4-28(24,25)22-11-5-6-14-12-15(7-9-18(14)22)20(23)21-17-13-16(26-2)8-10-19(17)27-3/h7-10,12-13H,4-6,11H2,1-3H3,(H,21,23). The van der Waals surface area contributed by atoms with Gasteiger partial charge in [0.05, 0.1) is 31.3 Å². The maximum absolute atomic E-state index is 12.8. The number of carbonyl (C=O) groups excluding carboxylic acids is 1. The summed E-state index contributed by atoms with van der Waals surface area (Å²) in [6.45, 7) is 2.10. The average molecular weight is 404 g/mol. The van der Waals surface area contributed by atoms with Gasteiger partial charge in [0.15, 0.2) is 0 Å². The Labute approximate surface area is 165 Å². The fourth-order valence-corrected chi connectivity index (χ4v) is 4.45. The molecule has 150 valence electrons. The third-order valence-electron chi connectivity index (χ3n) is 4.77. The van der Waals surface area contributed by atoms with Crippen molar-refractivity contribution in [2.24, 2.45) is 0 Å². The van der Waals surface area contributed by atoms with E-state index in [1.807, 2.05) is 0 Å². The van der Waals surface area contributed by atoms with Crippen LogP contribution in [0, 0.1) is 0 Å². The molecule has 0 aromatic heterocycles. The zero-order chi connectivity index (χ0) is 20.3. The summed E-state index contributed by atoms with van der Waals surface area (Å²) >= 11 is 0. The van der Waals surface area contributed by atoms with E-state index in [0.717, 1.165) is 18.4 Å². The van der Waals surface area contributed by atoms with Crippen LogP contribution in [0.5, 0.6) is 11.5 Å². The quantitative estimate of drug-likeness (QED) is 0.800. The van der Waals surface area contributed by atoms with Crippen LogP contribution in [0.2, 0.25) is 0 Å². The molecule has 0 bridgehead atoms. The minimum absolute atomic E-state index is 0.0459. The molecule has 0 atom stereocenters. The van der Waals surface area contributed by atoms with Crippen molar-refractivity contribution in [3.05, 3.63) is 47.5 Å². The number of carbonyl (C=O) groups is 1. The van der Waals surface area contributed by atoms with Gasteiger partial charge < -0.3 is 14.8 Å². The lowest BCUT2D eigenvalue weighted by Crippen LogP contribution is -2.36. The highest BCUT2D eigenvalue weighted by atomic mass is 32.2. The molecule has 1 aliphatic heterocycles. The zero-order valence-corrected chi connectivity index (χ0v) is 17.0.